The Bertz CT molecular complexity index is 368. The topological polar surface area (TPSA) is 39.7 Å². The predicted molar refractivity (Wildman–Crippen MR) is 77.1 cm³/mol. The van der Waals surface area contributed by atoms with E-state index in [1.54, 1.807) is 14.2 Å². The van der Waals surface area contributed by atoms with Crippen molar-refractivity contribution in [1.82, 2.24) is 5.32 Å². The number of ether oxygens (including phenoxy) is 3. The molecular formula is C15H25NO3. The summed E-state index contributed by atoms with van der Waals surface area (Å²) in [7, 11) is 3.29. The van der Waals surface area contributed by atoms with Crippen LogP contribution in [0.2, 0.25) is 0 Å². The Labute approximate surface area is 116 Å². The maximum absolute atomic E-state index is 5.65. The summed E-state index contributed by atoms with van der Waals surface area (Å²) in [6.07, 6.45) is 1.03. The third-order valence-corrected chi connectivity index (χ3v) is 2.89. The molecule has 1 aromatic carbocycles. The van der Waals surface area contributed by atoms with Gasteiger partial charge in [0.05, 0.1) is 26.9 Å². The molecule has 108 valence electrons. The van der Waals surface area contributed by atoms with Crippen molar-refractivity contribution >= 4 is 0 Å². The first-order valence-corrected chi connectivity index (χ1v) is 6.79. The molecule has 19 heavy (non-hydrogen) atoms. The van der Waals surface area contributed by atoms with E-state index in [1.807, 2.05) is 18.2 Å². The Morgan fingerprint density at radius 3 is 2.42 bits per heavy atom. The summed E-state index contributed by atoms with van der Waals surface area (Å²) in [5.74, 6) is 1.49. The van der Waals surface area contributed by atoms with Crippen LogP contribution in [0.4, 0.5) is 0 Å². The molecule has 0 aliphatic heterocycles. The molecule has 0 aliphatic carbocycles. The Hall–Kier alpha value is -1.26. The van der Waals surface area contributed by atoms with Crippen LogP contribution in [0, 0.1) is 0 Å². The first-order valence-electron chi connectivity index (χ1n) is 6.79. The van der Waals surface area contributed by atoms with Crippen LogP contribution in [-0.2, 0) is 4.74 Å². The van der Waals surface area contributed by atoms with Crippen molar-refractivity contribution in [2.24, 2.45) is 0 Å². The molecule has 4 heteroatoms. The van der Waals surface area contributed by atoms with E-state index < -0.39 is 0 Å². The fraction of sp³-hybridized carbons (Fsp3) is 0.600. The normalized spacial score (nSPS) is 12.2. The standard InChI is InChI=1S/C15H25NO3/c1-5-9-19-11-13(16-6-2)12-7-8-14(17-3)15(10-12)18-4/h7-8,10,13,16H,5-6,9,11H2,1-4H3. The summed E-state index contributed by atoms with van der Waals surface area (Å²) in [6, 6.07) is 6.15. The zero-order chi connectivity index (χ0) is 14.1. The molecule has 0 heterocycles. The van der Waals surface area contributed by atoms with Gasteiger partial charge in [-0.15, -0.1) is 0 Å². The summed E-state index contributed by atoms with van der Waals surface area (Å²) in [6.45, 7) is 6.55. The van der Waals surface area contributed by atoms with Crippen LogP contribution in [0.25, 0.3) is 0 Å². The van der Waals surface area contributed by atoms with E-state index in [-0.39, 0.29) is 6.04 Å². The maximum atomic E-state index is 5.65. The zero-order valence-corrected chi connectivity index (χ0v) is 12.4. The minimum Gasteiger partial charge on any atom is -0.493 e. The van der Waals surface area contributed by atoms with Gasteiger partial charge in [0.15, 0.2) is 11.5 Å². The molecule has 1 N–H and O–H groups in total. The highest BCUT2D eigenvalue weighted by Crippen LogP contribution is 2.30. The third-order valence-electron chi connectivity index (χ3n) is 2.89. The Morgan fingerprint density at radius 2 is 1.84 bits per heavy atom. The van der Waals surface area contributed by atoms with E-state index in [2.05, 4.69) is 19.2 Å². The van der Waals surface area contributed by atoms with Gasteiger partial charge in [0.2, 0.25) is 0 Å². The Balaban J connectivity index is 2.82. The lowest BCUT2D eigenvalue weighted by Gasteiger charge is -2.19. The van der Waals surface area contributed by atoms with Crippen LogP contribution in [0.15, 0.2) is 18.2 Å². The fourth-order valence-electron chi connectivity index (χ4n) is 1.93. The highest BCUT2D eigenvalue weighted by atomic mass is 16.5. The zero-order valence-electron chi connectivity index (χ0n) is 12.4. The number of methoxy groups -OCH3 is 2. The van der Waals surface area contributed by atoms with Gasteiger partial charge in [0.1, 0.15) is 0 Å². The lowest BCUT2D eigenvalue weighted by atomic mass is 10.1. The SMILES string of the molecule is CCCOCC(NCC)c1ccc(OC)c(OC)c1. The summed E-state index contributed by atoms with van der Waals surface area (Å²) in [5.41, 5.74) is 1.15. The van der Waals surface area contributed by atoms with Gasteiger partial charge in [-0.3, -0.25) is 0 Å². The second-order valence-electron chi connectivity index (χ2n) is 4.30. The Morgan fingerprint density at radius 1 is 1.11 bits per heavy atom. The van der Waals surface area contributed by atoms with E-state index >= 15 is 0 Å². The molecule has 0 aliphatic rings. The lowest BCUT2D eigenvalue weighted by Crippen LogP contribution is -2.25. The molecule has 0 fully saturated rings. The van der Waals surface area contributed by atoms with Crippen molar-refractivity contribution in [1.29, 1.82) is 0 Å². The van der Waals surface area contributed by atoms with Crippen LogP contribution < -0.4 is 14.8 Å². The van der Waals surface area contributed by atoms with Crippen LogP contribution in [0.5, 0.6) is 11.5 Å². The average Bonchev–Trinajstić information content (AvgIpc) is 2.45. The summed E-state index contributed by atoms with van der Waals surface area (Å²) >= 11 is 0. The molecule has 0 saturated carbocycles. The average molecular weight is 267 g/mol. The molecule has 0 saturated heterocycles. The molecule has 0 bridgehead atoms. The minimum atomic E-state index is 0.177. The quantitative estimate of drug-likeness (QED) is 0.698. The number of nitrogens with one attached hydrogen (secondary N) is 1. The van der Waals surface area contributed by atoms with E-state index in [9.17, 15) is 0 Å². The smallest absolute Gasteiger partial charge is 0.161 e. The van der Waals surface area contributed by atoms with Gasteiger partial charge in [-0.1, -0.05) is 19.9 Å². The van der Waals surface area contributed by atoms with E-state index in [0.717, 1.165) is 36.6 Å². The molecule has 1 unspecified atom stereocenters. The summed E-state index contributed by atoms with van der Waals surface area (Å²) in [5, 5.41) is 3.43. The molecule has 0 amide bonds. The van der Waals surface area contributed by atoms with Crippen molar-refractivity contribution in [2.45, 2.75) is 26.3 Å². The predicted octanol–water partition coefficient (Wildman–Crippen LogP) is 2.78. The van der Waals surface area contributed by atoms with Crippen molar-refractivity contribution < 1.29 is 14.2 Å². The van der Waals surface area contributed by atoms with Gasteiger partial charge < -0.3 is 19.5 Å². The number of hydrogen-bond donors (Lipinski definition) is 1. The number of benzene rings is 1. The maximum Gasteiger partial charge on any atom is 0.161 e. The van der Waals surface area contributed by atoms with Gasteiger partial charge in [-0.2, -0.15) is 0 Å². The van der Waals surface area contributed by atoms with E-state index in [1.165, 1.54) is 0 Å². The highest BCUT2D eigenvalue weighted by molar-refractivity contribution is 5.43. The monoisotopic (exact) mass is 267 g/mol. The summed E-state index contributed by atoms with van der Waals surface area (Å²) < 4.78 is 16.2. The first kappa shape index (κ1) is 15.8. The van der Waals surface area contributed by atoms with Crippen molar-refractivity contribution in [2.75, 3.05) is 34.0 Å². The van der Waals surface area contributed by atoms with Gasteiger partial charge in [-0.25, -0.2) is 0 Å². The molecule has 1 rings (SSSR count). The summed E-state index contributed by atoms with van der Waals surface area (Å²) in [4.78, 5) is 0. The van der Waals surface area contributed by atoms with E-state index in [0.29, 0.717) is 6.61 Å². The minimum absolute atomic E-state index is 0.177. The van der Waals surface area contributed by atoms with Crippen LogP contribution >= 0.6 is 0 Å². The second-order valence-corrected chi connectivity index (χ2v) is 4.30. The largest absolute Gasteiger partial charge is 0.493 e. The number of likely N-dealkylation sites (N-methyl/N-ethyl adjacent to an activating group) is 1. The molecule has 0 spiro atoms. The van der Waals surface area contributed by atoms with Gasteiger partial charge >= 0.3 is 0 Å². The number of rotatable bonds is 9. The second kappa shape index (κ2) is 8.77. The molecule has 1 atom stereocenters. The van der Waals surface area contributed by atoms with Gasteiger partial charge in [0, 0.05) is 6.61 Å². The molecule has 0 radical (unpaired) electrons. The van der Waals surface area contributed by atoms with Crippen molar-refractivity contribution in [3.05, 3.63) is 23.8 Å². The van der Waals surface area contributed by atoms with Crippen molar-refractivity contribution in [3.8, 4) is 11.5 Å². The highest BCUT2D eigenvalue weighted by Gasteiger charge is 2.13. The molecule has 0 aromatic heterocycles. The van der Waals surface area contributed by atoms with Crippen molar-refractivity contribution in [3.63, 3.8) is 0 Å². The molecule has 1 aromatic rings. The molecule has 4 nitrogen and oxygen atoms in total. The van der Waals surface area contributed by atoms with Gasteiger partial charge in [-0.05, 0) is 30.7 Å². The number of hydrogen-bond acceptors (Lipinski definition) is 4. The van der Waals surface area contributed by atoms with Gasteiger partial charge in [0.25, 0.3) is 0 Å². The Kier molecular flexibility index (Phi) is 7.30. The first-order chi connectivity index (χ1) is 9.26. The fourth-order valence-corrected chi connectivity index (χ4v) is 1.93. The molecular weight excluding hydrogens is 242 g/mol. The van der Waals surface area contributed by atoms with E-state index in [4.69, 9.17) is 14.2 Å². The third kappa shape index (κ3) is 4.73. The van der Waals surface area contributed by atoms with Crippen LogP contribution in [0.3, 0.4) is 0 Å². The van der Waals surface area contributed by atoms with Crippen LogP contribution in [-0.4, -0.2) is 34.0 Å². The van der Waals surface area contributed by atoms with Crippen LogP contribution in [0.1, 0.15) is 31.9 Å². The lowest BCUT2D eigenvalue weighted by molar-refractivity contribution is 0.112.